The number of aliphatic hydroxyl groups is 3. The molecule has 3 N–H and O–H groups in total. The van der Waals surface area contributed by atoms with Crippen LogP contribution < -0.4 is 0 Å². The number of ketones is 1. The molecule has 0 aromatic carbocycles. The van der Waals surface area contributed by atoms with E-state index in [2.05, 4.69) is 6.92 Å². The molecule has 43 heavy (non-hydrogen) atoms. The summed E-state index contributed by atoms with van der Waals surface area (Å²) in [4.78, 5) is 25.8. The fourth-order valence-electron chi connectivity index (χ4n) is 9.29. The number of rotatable bonds is 16. The molecule has 0 aromatic heterocycles. The molecule has 7 nitrogen and oxygen atoms in total. The predicted molar refractivity (Wildman–Crippen MR) is 167 cm³/mol. The number of hydrogen-bond acceptors (Lipinski definition) is 7. The van der Waals surface area contributed by atoms with Crippen LogP contribution in [0.15, 0.2) is 23.3 Å². The SMILES string of the molecule is CCCCCCCCCCCCCCO[C@@H]1[C@@H](C)[C@@]2(O)[C@@H](C=C(CO)C[C@]3(O)C(=O)C(C)=C[C@@H]23)[C@@H]2C(C)(C)[C@]12OC(C)=O. The molecule has 4 aliphatic carbocycles. The van der Waals surface area contributed by atoms with Gasteiger partial charge in [-0.2, -0.15) is 0 Å². The highest BCUT2D eigenvalue weighted by atomic mass is 16.6. The molecular weight excluding hydrogens is 544 g/mol. The van der Waals surface area contributed by atoms with Crippen LogP contribution in [0.4, 0.5) is 0 Å². The molecule has 0 unspecified atom stereocenters. The molecule has 0 bridgehead atoms. The molecule has 4 aliphatic rings. The van der Waals surface area contributed by atoms with Crippen molar-refractivity contribution in [3.05, 3.63) is 23.3 Å². The number of Topliss-reactive ketones (excluding diaryl/α,β-unsaturated/α-hetero) is 1. The average molecular weight is 603 g/mol. The quantitative estimate of drug-likeness (QED) is 0.109. The van der Waals surface area contributed by atoms with Gasteiger partial charge in [0.15, 0.2) is 5.78 Å². The largest absolute Gasteiger partial charge is 0.456 e. The monoisotopic (exact) mass is 602 g/mol. The summed E-state index contributed by atoms with van der Waals surface area (Å²) in [5.74, 6) is -3.07. The molecule has 2 fully saturated rings. The summed E-state index contributed by atoms with van der Waals surface area (Å²) in [7, 11) is 0. The average Bonchev–Trinajstić information content (AvgIpc) is 3.37. The Morgan fingerprint density at radius 2 is 1.51 bits per heavy atom. The van der Waals surface area contributed by atoms with Gasteiger partial charge in [0, 0.05) is 49.0 Å². The van der Waals surface area contributed by atoms with Gasteiger partial charge in [-0.1, -0.05) is 110 Å². The van der Waals surface area contributed by atoms with Gasteiger partial charge in [-0.05, 0) is 24.5 Å². The zero-order valence-electron chi connectivity index (χ0n) is 27.6. The van der Waals surface area contributed by atoms with E-state index in [4.69, 9.17) is 9.47 Å². The lowest BCUT2D eigenvalue weighted by Gasteiger charge is -2.53. The fourth-order valence-corrected chi connectivity index (χ4v) is 9.29. The van der Waals surface area contributed by atoms with E-state index in [-0.39, 0.29) is 18.9 Å². The van der Waals surface area contributed by atoms with Crippen molar-refractivity contribution in [1.82, 2.24) is 0 Å². The van der Waals surface area contributed by atoms with Crippen LogP contribution in [-0.2, 0) is 19.1 Å². The Kier molecular flexibility index (Phi) is 10.7. The molecule has 0 aliphatic heterocycles. The molecule has 2 saturated carbocycles. The van der Waals surface area contributed by atoms with Crippen molar-refractivity contribution in [3.63, 3.8) is 0 Å². The van der Waals surface area contributed by atoms with Gasteiger partial charge >= 0.3 is 5.97 Å². The van der Waals surface area contributed by atoms with Gasteiger partial charge in [0.2, 0.25) is 0 Å². The van der Waals surface area contributed by atoms with E-state index in [0.29, 0.717) is 17.8 Å². The molecule has 244 valence electrons. The first-order chi connectivity index (χ1) is 20.3. The summed E-state index contributed by atoms with van der Waals surface area (Å²) in [5, 5.41) is 34.8. The smallest absolute Gasteiger partial charge is 0.303 e. The van der Waals surface area contributed by atoms with E-state index >= 15 is 0 Å². The van der Waals surface area contributed by atoms with Crippen LogP contribution in [0.2, 0.25) is 0 Å². The van der Waals surface area contributed by atoms with Crippen molar-refractivity contribution in [2.75, 3.05) is 13.2 Å². The van der Waals surface area contributed by atoms with E-state index in [0.717, 1.165) is 19.3 Å². The summed E-state index contributed by atoms with van der Waals surface area (Å²) in [6, 6.07) is 0. The Hall–Kier alpha value is -1.54. The first-order valence-electron chi connectivity index (χ1n) is 17.1. The van der Waals surface area contributed by atoms with Crippen molar-refractivity contribution in [3.8, 4) is 0 Å². The van der Waals surface area contributed by atoms with E-state index in [1.54, 1.807) is 13.0 Å². The Morgan fingerprint density at radius 3 is 2.05 bits per heavy atom. The van der Waals surface area contributed by atoms with Crippen LogP contribution in [0.3, 0.4) is 0 Å². The molecule has 0 saturated heterocycles. The first-order valence-corrected chi connectivity index (χ1v) is 17.1. The Labute approximate surface area is 259 Å². The number of hydrogen-bond donors (Lipinski definition) is 3. The predicted octanol–water partition coefficient (Wildman–Crippen LogP) is 6.23. The minimum Gasteiger partial charge on any atom is -0.456 e. The topological polar surface area (TPSA) is 113 Å². The molecule has 8 atom stereocenters. The molecule has 0 aromatic rings. The zero-order valence-corrected chi connectivity index (χ0v) is 27.6. The second-order valence-electron chi connectivity index (χ2n) is 14.7. The molecular formula is C36H58O7. The normalized spacial score (nSPS) is 37.5. The van der Waals surface area contributed by atoms with Gasteiger partial charge in [0.05, 0.1) is 12.2 Å². The first kappa shape index (κ1) is 34.3. The fraction of sp³-hybridized carbons (Fsp3) is 0.833. The van der Waals surface area contributed by atoms with Gasteiger partial charge < -0.3 is 24.8 Å². The summed E-state index contributed by atoms with van der Waals surface area (Å²) in [6.45, 7) is 11.5. The van der Waals surface area contributed by atoms with Gasteiger partial charge in [-0.15, -0.1) is 0 Å². The number of ether oxygens (including phenoxy) is 2. The molecule has 0 radical (unpaired) electrons. The van der Waals surface area contributed by atoms with Crippen LogP contribution in [-0.4, -0.2) is 63.2 Å². The second-order valence-corrected chi connectivity index (χ2v) is 14.7. The minimum absolute atomic E-state index is 0.0372. The summed E-state index contributed by atoms with van der Waals surface area (Å²) in [6.07, 6.45) is 17.9. The molecule has 0 heterocycles. The van der Waals surface area contributed by atoms with Crippen molar-refractivity contribution in [2.24, 2.45) is 29.1 Å². The van der Waals surface area contributed by atoms with Gasteiger partial charge in [-0.25, -0.2) is 0 Å². The highest BCUT2D eigenvalue weighted by molar-refractivity contribution is 6.04. The molecule has 7 heteroatoms. The number of fused-ring (bicyclic) bond motifs is 5. The van der Waals surface area contributed by atoms with E-state index in [1.807, 2.05) is 26.8 Å². The van der Waals surface area contributed by atoms with Crippen LogP contribution >= 0.6 is 0 Å². The van der Waals surface area contributed by atoms with E-state index in [1.165, 1.54) is 64.7 Å². The third kappa shape index (κ3) is 5.93. The lowest BCUT2D eigenvalue weighted by molar-refractivity contribution is -0.229. The van der Waals surface area contributed by atoms with Crippen molar-refractivity contribution in [1.29, 1.82) is 0 Å². The van der Waals surface area contributed by atoms with E-state index < -0.39 is 57.8 Å². The maximum absolute atomic E-state index is 13.3. The molecule has 4 rings (SSSR count). The second kappa shape index (κ2) is 13.4. The summed E-state index contributed by atoms with van der Waals surface area (Å²) in [5.41, 5.74) is -3.91. The van der Waals surface area contributed by atoms with Crippen LogP contribution in [0.25, 0.3) is 0 Å². The number of aliphatic hydroxyl groups excluding tert-OH is 1. The Morgan fingerprint density at radius 1 is 0.953 bits per heavy atom. The highest BCUT2D eigenvalue weighted by Gasteiger charge is 2.87. The lowest BCUT2D eigenvalue weighted by atomic mass is 9.59. The Bertz CT molecular complexity index is 1080. The third-order valence-electron chi connectivity index (χ3n) is 11.6. The minimum atomic E-state index is -1.84. The number of esters is 1. The maximum Gasteiger partial charge on any atom is 0.303 e. The van der Waals surface area contributed by atoms with Crippen molar-refractivity contribution < 1.29 is 34.4 Å². The van der Waals surface area contributed by atoms with Gasteiger partial charge in [0.25, 0.3) is 0 Å². The van der Waals surface area contributed by atoms with Crippen LogP contribution in [0.5, 0.6) is 0 Å². The standard InChI is InChI=1S/C36H58O7/c1-7-8-9-10-11-12-13-14-15-16-17-18-19-42-32-25(3)35(41)28(30-33(5,6)36(30,32)43-26(4)38)21-27(23-37)22-34(40)29(35)20-24(2)31(34)39/h20-21,25,28-30,32,37,40-41H,7-19,22-23H2,1-6H3/t25-,28+,29-,30-,32-,34-,35-,36-/m1/s1. The summed E-state index contributed by atoms with van der Waals surface area (Å²) >= 11 is 0. The van der Waals surface area contributed by atoms with Gasteiger partial charge in [0.1, 0.15) is 17.3 Å². The number of unbranched alkanes of at least 4 members (excludes halogenated alkanes) is 11. The van der Waals surface area contributed by atoms with E-state index in [9.17, 15) is 24.9 Å². The highest BCUT2D eigenvalue weighted by Crippen LogP contribution is 2.77. The maximum atomic E-state index is 13.3. The number of carbonyl (C=O) groups is 2. The molecule has 0 amide bonds. The third-order valence-corrected chi connectivity index (χ3v) is 11.6. The van der Waals surface area contributed by atoms with Crippen molar-refractivity contribution in [2.45, 2.75) is 148 Å². The number of carbonyl (C=O) groups excluding carboxylic acids is 2. The zero-order chi connectivity index (χ0) is 31.6. The Balaban J connectivity index is 1.46. The van der Waals surface area contributed by atoms with Crippen LogP contribution in [0, 0.1) is 29.1 Å². The molecule has 0 spiro atoms. The summed E-state index contributed by atoms with van der Waals surface area (Å²) < 4.78 is 12.8. The van der Waals surface area contributed by atoms with Gasteiger partial charge in [-0.3, -0.25) is 9.59 Å². The lowest BCUT2D eigenvalue weighted by Crippen LogP contribution is -2.66. The van der Waals surface area contributed by atoms with Crippen LogP contribution in [0.1, 0.15) is 125 Å². The van der Waals surface area contributed by atoms with Crippen molar-refractivity contribution >= 4 is 11.8 Å².